The van der Waals surface area contributed by atoms with Gasteiger partial charge in [-0.1, -0.05) is 18.2 Å². The zero-order valence-electron chi connectivity index (χ0n) is 15.1. The number of hydrogen-bond acceptors (Lipinski definition) is 4. The molecule has 7 nitrogen and oxygen atoms in total. The molecule has 0 fully saturated rings. The first kappa shape index (κ1) is 17.4. The zero-order chi connectivity index (χ0) is 19.0. The molecule has 1 N–H and O–H groups in total. The fourth-order valence-corrected chi connectivity index (χ4v) is 3.13. The summed E-state index contributed by atoms with van der Waals surface area (Å²) in [7, 11) is 1.64. The van der Waals surface area contributed by atoms with E-state index >= 15 is 0 Å². The van der Waals surface area contributed by atoms with Crippen molar-refractivity contribution in [2.45, 2.75) is 26.8 Å². The van der Waals surface area contributed by atoms with E-state index in [0.29, 0.717) is 5.82 Å². The monoisotopic (exact) mass is 349 g/mol. The number of pyridine rings is 1. The minimum absolute atomic E-state index is 0.238. The average molecular weight is 349 g/mol. The second-order valence-corrected chi connectivity index (χ2v) is 6.31. The van der Waals surface area contributed by atoms with Crippen molar-refractivity contribution < 1.29 is 4.79 Å². The molecule has 3 rings (SSSR count). The Kier molecular flexibility index (Phi) is 4.34. The maximum atomic E-state index is 12.8. The average Bonchev–Trinajstić information content (AvgIpc) is 2.95. The molecule has 0 spiro atoms. The summed E-state index contributed by atoms with van der Waals surface area (Å²) in [6, 6.07) is 8.55. The number of nitrogens with zero attached hydrogens (tertiary/aromatic N) is 4. The second-order valence-electron chi connectivity index (χ2n) is 6.31. The normalized spacial score (nSPS) is 12.0. The van der Waals surface area contributed by atoms with Gasteiger partial charge in [-0.2, -0.15) is 10.4 Å². The Morgan fingerprint density at radius 3 is 2.73 bits per heavy atom. The number of anilines is 1. The summed E-state index contributed by atoms with van der Waals surface area (Å²) in [5.41, 5.74) is 2.56. The molecule has 0 saturated heterocycles. The van der Waals surface area contributed by atoms with Crippen LogP contribution in [-0.2, 0) is 11.8 Å². The van der Waals surface area contributed by atoms with Gasteiger partial charge >= 0.3 is 0 Å². The Balaban J connectivity index is 2.09. The minimum Gasteiger partial charge on any atom is -0.308 e. The van der Waals surface area contributed by atoms with E-state index in [1.54, 1.807) is 14.0 Å². The van der Waals surface area contributed by atoms with Crippen LogP contribution in [0.15, 0.2) is 35.3 Å². The number of aryl methyl sites for hydroxylation is 3. The van der Waals surface area contributed by atoms with Crippen LogP contribution in [0.5, 0.6) is 0 Å². The molecule has 1 atom stereocenters. The summed E-state index contributed by atoms with van der Waals surface area (Å²) in [6.45, 7) is 5.46. The molecule has 7 heteroatoms. The van der Waals surface area contributed by atoms with E-state index in [1.807, 2.05) is 38.1 Å². The van der Waals surface area contributed by atoms with E-state index in [-0.39, 0.29) is 17.0 Å². The highest BCUT2D eigenvalue weighted by molar-refractivity contribution is 5.95. The highest BCUT2D eigenvalue weighted by Gasteiger charge is 2.22. The van der Waals surface area contributed by atoms with E-state index in [2.05, 4.69) is 10.4 Å². The van der Waals surface area contributed by atoms with Gasteiger partial charge in [-0.15, -0.1) is 0 Å². The van der Waals surface area contributed by atoms with Gasteiger partial charge in [0, 0.05) is 18.5 Å². The predicted molar refractivity (Wildman–Crippen MR) is 98.9 cm³/mol. The number of para-hydroxylation sites is 1. The lowest BCUT2D eigenvalue weighted by Gasteiger charge is -2.20. The van der Waals surface area contributed by atoms with Crippen molar-refractivity contribution in [3.05, 3.63) is 57.5 Å². The lowest BCUT2D eigenvalue weighted by atomic mass is 10.1. The summed E-state index contributed by atoms with van der Waals surface area (Å²) >= 11 is 0. The number of carbonyl (C=O) groups excluding carboxylic acids is 1. The molecule has 1 aromatic carbocycles. The molecule has 0 aliphatic rings. The van der Waals surface area contributed by atoms with Crippen LogP contribution in [0, 0.1) is 25.2 Å². The minimum atomic E-state index is -0.756. The molecule has 3 aromatic rings. The number of rotatable bonds is 3. The lowest BCUT2D eigenvalue weighted by molar-refractivity contribution is -0.118. The van der Waals surface area contributed by atoms with Crippen LogP contribution in [0.3, 0.4) is 0 Å². The molecule has 26 heavy (non-hydrogen) atoms. The maximum Gasteiger partial charge on any atom is 0.252 e. The first-order valence-corrected chi connectivity index (χ1v) is 8.19. The molecule has 0 saturated carbocycles. The van der Waals surface area contributed by atoms with E-state index in [0.717, 1.165) is 22.0 Å². The second kappa shape index (κ2) is 6.48. The first-order valence-electron chi connectivity index (χ1n) is 8.19. The van der Waals surface area contributed by atoms with Gasteiger partial charge in [0.2, 0.25) is 5.91 Å². The van der Waals surface area contributed by atoms with Crippen molar-refractivity contribution in [3.8, 4) is 6.07 Å². The van der Waals surface area contributed by atoms with Gasteiger partial charge in [0.25, 0.3) is 5.56 Å². The third-order valence-electron chi connectivity index (χ3n) is 4.55. The third-order valence-corrected chi connectivity index (χ3v) is 4.55. The van der Waals surface area contributed by atoms with Crippen LogP contribution in [0.4, 0.5) is 5.82 Å². The van der Waals surface area contributed by atoms with Crippen molar-refractivity contribution in [1.29, 1.82) is 5.26 Å². The Morgan fingerprint density at radius 2 is 2.04 bits per heavy atom. The van der Waals surface area contributed by atoms with Gasteiger partial charge in [0.15, 0.2) is 0 Å². The molecule has 132 valence electrons. The van der Waals surface area contributed by atoms with E-state index in [9.17, 15) is 9.59 Å². The van der Waals surface area contributed by atoms with Crippen molar-refractivity contribution in [2.24, 2.45) is 7.05 Å². The number of aromatic nitrogens is 3. The molecular weight excluding hydrogens is 330 g/mol. The smallest absolute Gasteiger partial charge is 0.252 e. The quantitative estimate of drug-likeness (QED) is 0.786. The predicted octanol–water partition coefficient (Wildman–Crippen LogP) is 2.42. The highest BCUT2D eigenvalue weighted by Crippen LogP contribution is 2.23. The molecule has 1 amide bonds. The summed E-state index contributed by atoms with van der Waals surface area (Å²) in [5.74, 6) is -0.0776. The van der Waals surface area contributed by atoms with Gasteiger partial charge in [-0.05, 0) is 31.9 Å². The Bertz CT molecular complexity index is 1120. The van der Waals surface area contributed by atoms with Crippen LogP contribution in [0.1, 0.15) is 29.7 Å². The van der Waals surface area contributed by atoms with Crippen LogP contribution in [0.25, 0.3) is 10.9 Å². The first-order chi connectivity index (χ1) is 12.3. The van der Waals surface area contributed by atoms with Crippen LogP contribution in [-0.4, -0.2) is 20.3 Å². The standard InChI is InChI=1S/C19H19N5O2/c1-11-6-5-7-15-12(2)8-16(25)24(17(11)15)13(3)19(26)22-18-14(9-20)10-21-23(18)4/h5-8,10,13H,1-4H3,(H,22,26). The maximum absolute atomic E-state index is 12.8. The van der Waals surface area contributed by atoms with Crippen LogP contribution >= 0.6 is 0 Å². The van der Waals surface area contributed by atoms with Crippen molar-refractivity contribution in [1.82, 2.24) is 14.3 Å². The molecule has 0 aliphatic carbocycles. The van der Waals surface area contributed by atoms with Crippen molar-refractivity contribution in [3.63, 3.8) is 0 Å². The number of nitrogens with one attached hydrogen (secondary N) is 1. The third kappa shape index (κ3) is 2.75. The number of nitriles is 1. The number of hydrogen-bond donors (Lipinski definition) is 1. The van der Waals surface area contributed by atoms with Crippen LogP contribution < -0.4 is 10.9 Å². The highest BCUT2D eigenvalue weighted by atomic mass is 16.2. The van der Waals surface area contributed by atoms with E-state index < -0.39 is 6.04 Å². The SMILES string of the molecule is Cc1cc(=O)n(C(C)C(=O)Nc2c(C#N)cnn2C)c2c(C)cccc12. The summed E-state index contributed by atoms with van der Waals surface area (Å²) in [6.07, 6.45) is 1.39. The summed E-state index contributed by atoms with van der Waals surface area (Å²) < 4.78 is 2.92. The molecule has 2 heterocycles. The van der Waals surface area contributed by atoms with Crippen LogP contribution in [0.2, 0.25) is 0 Å². The molecule has 1 unspecified atom stereocenters. The molecule has 2 aromatic heterocycles. The van der Waals surface area contributed by atoms with Gasteiger partial charge < -0.3 is 5.32 Å². The molecular formula is C19H19N5O2. The van der Waals surface area contributed by atoms with Gasteiger partial charge in [0.05, 0.1) is 11.7 Å². The molecule has 0 aliphatic heterocycles. The number of carbonyl (C=O) groups is 1. The number of fused-ring (bicyclic) bond motifs is 1. The van der Waals surface area contributed by atoms with Crippen molar-refractivity contribution >= 4 is 22.6 Å². The Hall–Kier alpha value is -3.40. The zero-order valence-corrected chi connectivity index (χ0v) is 15.1. The Morgan fingerprint density at radius 1 is 1.31 bits per heavy atom. The van der Waals surface area contributed by atoms with E-state index in [4.69, 9.17) is 5.26 Å². The topological polar surface area (TPSA) is 92.7 Å². The number of benzene rings is 1. The lowest BCUT2D eigenvalue weighted by Crippen LogP contribution is -2.32. The van der Waals surface area contributed by atoms with Gasteiger partial charge in [-0.3, -0.25) is 18.8 Å². The fraction of sp³-hybridized carbons (Fsp3) is 0.263. The van der Waals surface area contributed by atoms with Gasteiger partial charge in [0.1, 0.15) is 23.5 Å². The fourth-order valence-electron chi connectivity index (χ4n) is 3.13. The van der Waals surface area contributed by atoms with Crippen molar-refractivity contribution in [2.75, 3.05) is 5.32 Å². The Labute approximate surface area is 150 Å². The van der Waals surface area contributed by atoms with Gasteiger partial charge in [-0.25, -0.2) is 0 Å². The summed E-state index contributed by atoms with van der Waals surface area (Å²) in [4.78, 5) is 25.5. The molecule has 0 radical (unpaired) electrons. The summed E-state index contributed by atoms with van der Waals surface area (Å²) in [5, 5.41) is 16.8. The largest absolute Gasteiger partial charge is 0.308 e. The molecule has 0 bridgehead atoms. The number of amides is 1. The van der Waals surface area contributed by atoms with E-state index in [1.165, 1.54) is 21.5 Å².